The molecule has 138 valence electrons. The van der Waals surface area contributed by atoms with E-state index < -0.39 is 0 Å². The fourth-order valence-electron chi connectivity index (χ4n) is 3.11. The first-order valence-electron chi connectivity index (χ1n) is 8.88. The fraction of sp³-hybridized carbons (Fsp3) is 0.250. The Hall–Kier alpha value is -2.86. The van der Waals surface area contributed by atoms with E-state index in [9.17, 15) is 4.79 Å². The highest BCUT2D eigenvalue weighted by Gasteiger charge is 2.26. The van der Waals surface area contributed by atoms with Gasteiger partial charge >= 0.3 is 0 Å². The molecule has 6 nitrogen and oxygen atoms in total. The molecular formula is C20H19ClN4O2. The van der Waals surface area contributed by atoms with Crippen LogP contribution in [0.25, 0.3) is 5.69 Å². The third-order valence-electron chi connectivity index (χ3n) is 4.58. The molecule has 0 radical (unpaired) electrons. The summed E-state index contributed by atoms with van der Waals surface area (Å²) >= 11 is 5.89. The quantitative estimate of drug-likeness (QED) is 0.691. The number of aromatic nitrogens is 3. The largest absolute Gasteiger partial charge is 0.490 e. The van der Waals surface area contributed by atoms with Crippen LogP contribution in [0.1, 0.15) is 23.3 Å². The minimum Gasteiger partial charge on any atom is -0.490 e. The van der Waals surface area contributed by atoms with Gasteiger partial charge < -0.3 is 9.64 Å². The van der Waals surface area contributed by atoms with Crippen LogP contribution in [0.2, 0.25) is 5.02 Å². The van der Waals surface area contributed by atoms with Crippen molar-refractivity contribution in [1.29, 1.82) is 0 Å². The normalized spacial score (nSPS) is 14.9. The van der Waals surface area contributed by atoms with Gasteiger partial charge in [-0.15, -0.1) is 5.10 Å². The number of hydrogen-bond donors (Lipinski definition) is 0. The summed E-state index contributed by atoms with van der Waals surface area (Å²) in [6.07, 6.45) is 3.33. The van der Waals surface area contributed by atoms with Gasteiger partial charge in [0.1, 0.15) is 11.9 Å². The van der Waals surface area contributed by atoms with Gasteiger partial charge in [0.05, 0.1) is 11.9 Å². The summed E-state index contributed by atoms with van der Waals surface area (Å²) in [5.41, 5.74) is 1.23. The van der Waals surface area contributed by atoms with Crippen molar-refractivity contribution < 1.29 is 9.53 Å². The maximum absolute atomic E-state index is 12.7. The molecule has 7 heteroatoms. The molecule has 0 N–H and O–H groups in total. The van der Waals surface area contributed by atoms with Crippen LogP contribution in [-0.2, 0) is 0 Å². The average molecular weight is 383 g/mol. The Balaban J connectivity index is 1.35. The molecule has 1 aliphatic rings. The number of carbonyl (C=O) groups excluding carboxylic acids is 1. The topological polar surface area (TPSA) is 60.2 Å². The van der Waals surface area contributed by atoms with Crippen molar-refractivity contribution in [3.05, 3.63) is 71.5 Å². The zero-order chi connectivity index (χ0) is 18.6. The number of rotatable bonds is 4. The van der Waals surface area contributed by atoms with E-state index in [0.29, 0.717) is 23.8 Å². The maximum Gasteiger partial charge on any atom is 0.276 e. The molecule has 4 rings (SSSR count). The van der Waals surface area contributed by atoms with Crippen molar-refractivity contribution in [3.63, 3.8) is 0 Å². The lowest BCUT2D eigenvalue weighted by molar-refractivity contribution is 0.0590. The minimum atomic E-state index is -0.0953. The van der Waals surface area contributed by atoms with Crippen molar-refractivity contribution in [2.24, 2.45) is 0 Å². The van der Waals surface area contributed by atoms with Crippen molar-refractivity contribution in [1.82, 2.24) is 19.9 Å². The van der Waals surface area contributed by atoms with Gasteiger partial charge in [0.15, 0.2) is 5.69 Å². The van der Waals surface area contributed by atoms with E-state index in [2.05, 4.69) is 10.3 Å². The molecule has 0 bridgehead atoms. The highest BCUT2D eigenvalue weighted by atomic mass is 35.5. The van der Waals surface area contributed by atoms with Gasteiger partial charge in [0, 0.05) is 31.0 Å². The van der Waals surface area contributed by atoms with Gasteiger partial charge in [-0.25, -0.2) is 4.68 Å². The smallest absolute Gasteiger partial charge is 0.276 e. The Morgan fingerprint density at radius 2 is 1.74 bits per heavy atom. The number of carbonyl (C=O) groups is 1. The molecule has 1 aromatic heterocycles. The van der Waals surface area contributed by atoms with Crippen LogP contribution in [-0.4, -0.2) is 45.0 Å². The van der Waals surface area contributed by atoms with Crippen molar-refractivity contribution in [2.75, 3.05) is 13.1 Å². The number of likely N-dealkylation sites (tertiary alicyclic amines) is 1. The van der Waals surface area contributed by atoms with Gasteiger partial charge in [0.2, 0.25) is 0 Å². The average Bonchev–Trinajstić information content (AvgIpc) is 3.21. The molecule has 2 heterocycles. The molecule has 0 unspecified atom stereocenters. The van der Waals surface area contributed by atoms with Gasteiger partial charge in [-0.3, -0.25) is 4.79 Å². The second-order valence-electron chi connectivity index (χ2n) is 6.45. The van der Waals surface area contributed by atoms with Crippen LogP contribution in [0, 0.1) is 0 Å². The highest BCUT2D eigenvalue weighted by Crippen LogP contribution is 2.21. The second kappa shape index (κ2) is 7.80. The van der Waals surface area contributed by atoms with Crippen LogP contribution in [0.5, 0.6) is 5.75 Å². The molecule has 1 saturated heterocycles. The first-order valence-corrected chi connectivity index (χ1v) is 9.26. The molecule has 3 aromatic rings. The summed E-state index contributed by atoms with van der Waals surface area (Å²) in [5.74, 6) is 0.706. The molecule has 1 amide bonds. The van der Waals surface area contributed by atoms with Crippen LogP contribution < -0.4 is 4.74 Å². The van der Waals surface area contributed by atoms with E-state index in [1.54, 1.807) is 15.8 Å². The lowest BCUT2D eigenvalue weighted by atomic mass is 10.1. The van der Waals surface area contributed by atoms with Gasteiger partial charge in [0.25, 0.3) is 5.91 Å². The second-order valence-corrected chi connectivity index (χ2v) is 6.88. The summed E-state index contributed by atoms with van der Waals surface area (Å²) in [6.45, 7) is 1.27. The highest BCUT2D eigenvalue weighted by molar-refractivity contribution is 6.30. The Kier molecular flexibility index (Phi) is 5.07. The van der Waals surface area contributed by atoms with Crippen molar-refractivity contribution in [3.8, 4) is 11.4 Å². The molecule has 0 spiro atoms. The van der Waals surface area contributed by atoms with Crippen LogP contribution in [0.15, 0.2) is 60.8 Å². The van der Waals surface area contributed by atoms with Crippen molar-refractivity contribution >= 4 is 17.5 Å². The lowest BCUT2D eigenvalue weighted by Crippen LogP contribution is -2.41. The molecule has 1 aliphatic heterocycles. The summed E-state index contributed by atoms with van der Waals surface area (Å²) in [6, 6.07) is 17.0. The number of nitrogens with zero attached hydrogens (tertiary/aromatic N) is 4. The van der Waals surface area contributed by atoms with Gasteiger partial charge in [-0.2, -0.15) is 0 Å². The van der Waals surface area contributed by atoms with E-state index in [1.165, 1.54) is 0 Å². The monoisotopic (exact) mass is 382 g/mol. The number of benzene rings is 2. The lowest BCUT2D eigenvalue weighted by Gasteiger charge is -2.31. The summed E-state index contributed by atoms with van der Waals surface area (Å²) < 4.78 is 7.59. The van der Waals surface area contributed by atoms with Gasteiger partial charge in [-0.1, -0.05) is 35.0 Å². The number of hydrogen-bond acceptors (Lipinski definition) is 4. The van der Waals surface area contributed by atoms with E-state index >= 15 is 0 Å². The number of piperidine rings is 1. The zero-order valence-corrected chi connectivity index (χ0v) is 15.4. The summed E-state index contributed by atoms with van der Waals surface area (Å²) in [4.78, 5) is 14.5. The minimum absolute atomic E-state index is 0.0928. The van der Waals surface area contributed by atoms with E-state index in [1.807, 2.05) is 54.6 Å². The standard InChI is InChI=1S/C20H19ClN4O2/c21-15-6-8-17(9-7-15)27-18-10-12-24(13-11-18)20(26)19-14-25(23-22-19)16-4-2-1-3-5-16/h1-9,14,18H,10-13H2. The fourth-order valence-corrected chi connectivity index (χ4v) is 3.24. The van der Waals surface area contributed by atoms with Crippen molar-refractivity contribution in [2.45, 2.75) is 18.9 Å². The Morgan fingerprint density at radius 1 is 1.04 bits per heavy atom. The van der Waals surface area contributed by atoms with E-state index in [4.69, 9.17) is 16.3 Å². The van der Waals surface area contributed by atoms with E-state index in [0.717, 1.165) is 24.3 Å². The molecular weight excluding hydrogens is 364 g/mol. The Morgan fingerprint density at radius 3 is 2.44 bits per heavy atom. The Labute approximate surface area is 162 Å². The number of amides is 1. The molecule has 2 aromatic carbocycles. The third kappa shape index (κ3) is 4.11. The zero-order valence-electron chi connectivity index (χ0n) is 14.7. The summed E-state index contributed by atoms with van der Waals surface area (Å²) in [7, 11) is 0. The number of halogens is 1. The number of para-hydroxylation sites is 1. The molecule has 0 atom stereocenters. The van der Waals surface area contributed by atoms with Crippen LogP contribution in [0.4, 0.5) is 0 Å². The molecule has 27 heavy (non-hydrogen) atoms. The van der Waals surface area contributed by atoms with Gasteiger partial charge in [-0.05, 0) is 36.4 Å². The predicted molar refractivity (Wildman–Crippen MR) is 102 cm³/mol. The SMILES string of the molecule is O=C(c1cn(-c2ccccc2)nn1)N1CCC(Oc2ccc(Cl)cc2)CC1. The first-order chi connectivity index (χ1) is 13.2. The summed E-state index contributed by atoms with van der Waals surface area (Å²) in [5, 5.41) is 8.79. The van der Waals surface area contributed by atoms with E-state index in [-0.39, 0.29) is 12.0 Å². The van der Waals surface area contributed by atoms with Crippen LogP contribution in [0.3, 0.4) is 0 Å². The Bertz CT molecular complexity index is 903. The predicted octanol–water partition coefficient (Wildman–Crippen LogP) is 3.60. The van der Waals surface area contributed by atoms with Crippen LogP contribution >= 0.6 is 11.6 Å². The molecule has 0 saturated carbocycles. The molecule has 1 fully saturated rings. The first kappa shape index (κ1) is 17.5. The maximum atomic E-state index is 12.7. The number of ether oxygens (including phenoxy) is 1. The molecule has 0 aliphatic carbocycles. The third-order valence-corrected chi connectivity index (χ3v) is 4.83.